The number of methoxy groups -OCH3 is 1. The quantitative estimate of drug-likeness (QED) is 0.706. The van der Waals surface area contributed by atoms with Crippen molar-refractivity contribution in [3.8, 4) is 5.75 Å². The lowest BCUT2D eigenvalue weighted by Crippen LogP contribution is -2.50. The van der Waals surface area contributed by atoms with Crippen LogP contribution in [0.25, 0.3) is 0 Å². The zero-order valence-corrected chi connectivity index (χ0v) is 18.9. The van der Waals surface area contributed by atoms with E-state index in [0.717, 1.165) is 48.8 Å². The number of pyridine rings is 1. The number of aromatic nitrogens is 1. The number of benzene rings is 1. The second-order valence-corrected chi connectivity index (χ2v) is 8.45. The van der Waals surface area contributed by atoms with Crippen LogP contribution in [-0.4, -0.2) is 54.0 Å². The lowest BCUT2D eigenvalue weighted by Gasteiger charge is -2.39. The van der Waals surface area contributed by atoms with Crippen molar-refractivity contribution >= 4 is 11.6 Å². The molecule has 6 nitrogen and oxygen atoms in total. The van der Waals surface area contributed by atoms with E-state index in [-0.39, 0.29) is 5.91 Å². The smallest absolute Gasteiger partial charge is 0.270 e. The molecule has 0 unspecified atom stereocenters. The predicted molar refractivity (Wildman–Crippen MR) is 130 cm³/mol. The first kappa shape index (κ1) is 21.2. The Morgan fingerprint density at radius 1 is 0.970 bits per heavy atom. The molecular formula is C27H28N4O2. The Bertz CT molecular complexity index is 1120. The van der Waals surface area contributed by atoms with E-state index in [1.807, 2.05) is 71.9 Å². The third-order valence-corrected chi connectivity index (χ3v) is 6.31. The van der Waals surface area contributed by atoms with Gasteiger partial charge in [-0.15, -0.1) is 0 Å². The fraction of sp³-hybridized carbons (Fsp3) is 0.259. The van der Waals surface area contributed by atoms with E-state index < -0.39 is 0 Å². The van der Waals surface area contributed by atoms with Gasteiger partial charge in [0.15, 0.2) is 0 Å². The molecule has 0 N–H and O–H groups in total. The van der Waals surface area contributed by atoms with Crippen molar-refractivity contribution < 1.29 is 9.53 Å². The molecule has 2 aliphatic heterocycles. The fourth-order valence-electron chi connectivity index (χ4n) is 4.53. The van der Waals surface area contributed by atoms with E-state index in [2.05, 4.69) is 26.9 Å². The van der Waals surface area contributed by atoms with Crippen molar-refractivity contribution in [3.63, 3.8) is 0 Å². The molecule has 168 valence electrons. The van der Waals surface area contributed by atoms with Crippen LogP contribution >= 0.6 is 0 Å². The molecule has 33 heavy (non-hydrogen) atoms. The summed E-state index contributed by atoms with van der Waals surface area (Å²) in [4.78, 5) is 24.3. The molecule has 1 aromatic carbocycles. The van der Waals surface area contributed by atoms with Crippen molar-refractivity contribution in [1.82, 2.24) is 14.8 Å². The molecule has 3 heterocycles. The van der Waals surface area contributed by atoms with Crippen LogP contribution in [0.4, 0.5) is 5.69 Å². The first-order valence-electron chi connectivity index (χ1n) is 11.3. The first-order valence-corrected chi connectivity index (χ1v) is 11.3. The maximum atomic E-state index is 13.8. The highest BCUT2D eigenvalue weighted by Gasteiger charge is 2.32. The molecule has 0 radical (unpaired) electrons. The molecule has 0 saturated carbocycles. The van der Waals surface area contributed by atoms with Gasteiger partial charge >= 0.3 is 0 Å². The number of carbonyl (C=O) groups excluding carboxylic acids is 1. The second-order valence-electron chi connectivity index (χ2n) is 8.45. The number of carbonyl (C=O) groups is 1. The Labute approximate surface area is 194 Å². The van der Waals surface area contributed by atoms with Gasteiger partial charge in [-0.3, -0.25) is 14.7 Å². The molecule has 1 aromatic heterocycles. The number of hydrogen-bond acceptors (Lipinski definition) is 5. The number of nitrogens with zero attached hydrogens (tertiary/aromatic N) is 4. The highest BCUT2D eigenvalue weighted by Crippen LogP contribution is 2.36. The van der Waals surface area contributed by atoms with Crippen molar-refractivity contribution in [2.24, 2.45) is 0 Å². The minimum atomic E-state index is 0.0766. The van der Waals surface area contributed by atoms with Gasteiger partial charge in [-0.2, -0.15) is 0 Å². The van der Waals surface area contributed by atoms with Gasteiger partial charge in [0.2, 0.25) is 0 Å². The average molecular weight is 441 g/mol. The molecule has 1 fully saturated rings. The highest BCUT2D eigenvalue weighted by molar-refractivity contribution is 5.99. The predicted octanol–water partition coefficient (Wildman–Crippen LogP) is 3.91. The highest BCUT2D eigenvalue weighted by atomic mass is 16.5. The fourth-order valence-corrected chi connectivity index (χ4v) is 4.53. The molecule has 1 amide bonds. The number of ether oxygens (including phenoxy) is 1. The largest absolute Gasteiger partial charge is 0.497 e. The summed E-state index contributed by atoms with van der Waals surface area (Å²) in [7, 11) is 1.66. The van der Waals surface area contributed by atoms with Crippen LogP contribution in [0.2, 0.25) is 0 Å². The van der Waals surface area contributed by atoms with Gasteiger partial charge in [0, 0.05) is 62.9 Å². The zero-order chi connectivity index (χ0) is 22.6. The normalized spacial score (nSPS) is 18.3. The summed E-state index contributed by atoms with van der Waals surface area (Å²) in [5.74, 6) is 0.876. The van der Waals surface area contributed by atoms with E-state index in [9.17, 15) is 4.79 Å². The van der Waals surface area contributed by atoms with E-state index >= 15 is 0 Å². The molecule has 1 saturated heterocycles. The van der Waals surface area contributed by atoms with Gasteiger partial charge in [0.05, 0.1) is 7.11 Å². The monoisotopic (exact) mass is 440 g/mol. The Hall–Kier alpha value is -3.64. The molecule has 0 atom stereocenters. The molecular weight excluding hydrogens is 412 g/mol. The lowest BCUT2D eigenvalue weighted by atomic mass is 10.0. The van der Waals surface area contributed by atoms with Gasteiger partial charge < -0.3 is 14.5 Å². The van der Waals surface area contributed by atoms with Crippen molar-refractivity contribution in [2.45, 2.75) is 13.0 Å². The van der Waals surface area contributed by atoms with E-state index in [0.29, 0.717) is 18.8 Å². The van der Waals surface area contributed by atoms with E-state index in [1.54, 1.807) is 7.11 Å². The molecule has 2 aromatic rings. The van der Waals surface area contributed by atoms with Crippen LogP contribution in [-0.2, 0) is 11.3 Å². The van der Waals surface area contributed by atoms with Gasteiger partial charge in [0.1, 0.15) is 11.4 Å². The van der Waals surface area contributed by atoms with E-state index in [1.165, 1.54) is 5.56 Å². The minimum Gasteiger partial charge on any atom is -0.497 e. The Balaban J connectivity index is 1.36. The van der Waals surface area contributed by atoms with Gasteiger partial charge in [-0.05, 0) is 59.7 Å². The number of rotatable bonds is 5. The van der Waals surface area contributed by atoms with Crippen LogP contribution in [0.1, 0.15) is 12.0 Å². The van der Waals surface area contributed by atoms with E-state index in [4.69, 9.17) is 4.74 Å². The second kappa shape index (κ2) is 9.46. The van der Waals surface area contributed by atoms with Gasteiger partial charge in [-0.25, -0.2) is 0 Å². The number of piperazine rings is 1. The third-order valence-electron chi connectivity index (χ3n) is 6.31. The van der Waals surface area contributed by atoms with Crippen LogP contribution < -0.4 is 9.64 Å². The lowest BCUT2D eigenvalue weighted by molar-refractivity contribution is -0.129. The summed E-state index contributed by atoms with van der Waals surface area (Å²) >= 11 is 0. The summed E-state index contributed by atoms with van der Waals surface area (Å²) in [6.45, 7) is 4.03. The number of anilines is 1. The van der Waals surface area contributed by atoms with Crippen molar-refractivity contribution in [2.75, 3.05) is 38.2 Å². The standard InChI is InChI=1S/C27H28N4O2/c1-33-25-8-6-23(7-9-25)31-24-5-3-2-4-22(18-24)19-26(31)27(32)30-16-14-29(15-17-30)20-21-10-12-28-13-11-21/h2-13,19H,14-18,20H2,1H3. The molecule has 5 rings (SSSR count). The minimum absolute atomic E-state index is 0.0766. The summed E-state index contributed by atoms with van der Waals surface area (Å²) in [6, 6.07) is 12.0. The SMILES string of the molecule is COc1ccc(N2C3=CC=CC=C(C=C2C(=O)N2CCN(Cc4ccncc4)CC2)C3)cc1. The Morgan fingerprint density at radius 3 is 2.42 bits per heavy atom. The summed E-state index contributed by atoms with van der Waals surface area (Å²) in [5, 5.41) is 0. The first-order chi connectivity index (χ1) is 16.2. The van der Waals surface area contributed by atoms with Crippen molar-refractivity contribution in [3.05, 3.63) is 102 Å². The maximum Gasteiger partial charge on any atom is 0.270 e. The Morgan fingerprint density at radius 2 is 1.70 bits per heavy atom. The number of hydrogen-bond donors (Lipinski definition) is 0. The average Bonchev–Trinajstić information content (AvgIpc) is 3.06. The molecule has 2 bridgehead atoms. The molecule has 0 spiro atoms. The summed E-state index contributed by atoms with van der Waals surface area (Å²) < 4.78 is 5.33. The summed E-state index contributed by atoms with van der Waals surface area (Å²) in [5.41, 5.74) is 5.17. The van der Waals surface area contributed by atoms with Crippen molar-refractivity contribution in [1.29, 1.82) is 0 Å². The molecule has 1 aliphatic carbocycles. The maximum absolute atomic E-state index is 13.8. The third kappa shape index (κ3) is 4.61. The van der Waals surface area contributed by atoms with Crippen LogP contribution in [0.5, 0.6) is 5.75 Å². The number of fused-ring (bicyclic) bond motifs is 2. The number of amides is 1. The Kier molecular flexibility index (Phi) is 6.09. The topological polar surface area (TPSA) is 48.9 Å². The number of allylic oxidation sites excluding steroid dienone is 6. The molecule has 6 heteroatoms. The zero-order valence-electron chi connectivity index (χ0n) is 18.9. The van der Waals surface area contributed by atoms with Crippen LogP contribution in [0.15, 0.2) is 96.1 Å². The van der Waals surface area contributed by atoms with Gasteiger partial charge in [-0.1, -0.05) is 18.2 Å². The molecule has 3 aliphatic rings. The van der Waals surface area contributed by atoms with Gasteiger partial charge in [0.25, 0.3) is 5.91 Å². The van der Waals surface area contributed by atoms with Crippen LogP contribution in [0.3, 0.4) is 0 Å². The van der Waals surface area contributed by atoms with Crippen LogP contribution in [0, 0.1) is 0 Å². The summed E-state index contributed by atoms with van der Waals surface area (Å²) in [6.07, 6.45) is 14.8.